The van der Waals surface area contributed by atoms with E-state index in [9.17, 15) is 9.59 Å². The van der Waals surface area contributed by atoms with E-state index in [0.717, 1.165) is 0 Å². The number of rotatable bonds is 5. The Balaban J connectivity index is 2.68. The summed E-state index contributed by atoms with van der Waals surface area (Å²) in [4.78, 5) is 22.6. The summed E-state index contributed by atoms with van der Waals surface area (Å²) in [5.74, 6) is -1.07. The van der Waals surface area contributed by atoms with Crippen molar-refractivity contribution in [1.82, 2.24) is 10.6 Å². The highest BCUT2D eigenvalue weighted by Crippen LogP contribution is 2.25. The third-order valence-corrected chi connectivity index (χ3v) is 3.35. The summed E-state index contributed by atoms with van der Waals surface area (Å²) in [5.41, 5.74) is 0.703. The summed E-state index contributed by atoms with van der Waals surface area (Å²) in [6, 6.07) is 3.13. The zero-order valence-corrected chi connectivity index (χ0v) is 12.6. The average Bonchev–Trinajstić information content (AvgIpc) is 2.35. The van der Waals surface area contributed by atoms with Gasteiger partial charge in [-0.2, -0.15) is 0 Å². The van der Waals surface area contributed by atoms with Gasteiger partial charge in [0.25, 0.3) is 0 Å². The maximum absolute atomic E-state index is 11.7. The first-order valence-electron chi connectivity index (χ1n) is 6.10. The number of nitrogens with one attached hydrogen (secondary N) is 2. The molecule has 1 rings (SSSR count). The SMILES string of the molecule is CC[C@@H](NC(=O)NC(C)c1ccc(Cl)cc1Cl)C(=O)O. The van der Waals surface area contributed by atoms with Gasteiger partial charge in [0.05, 0.1) is 6.04 Å². The molecule has 1 unspecified atom stereocenters. The third-order valence-electron chi connectivity index (χ3n) is 2.79. The van der Waals surface area contributed by atoms with Gasteiger partial charge in [-0.1, -0.05) is 36.2 Å². The number of benzene rings is 1. The van der Waals surface area contributed by atoms with Crippen LogP contribution in [0.4, 0.5) is 4.79 Å². The van der Waals surface area contributed by atoms with Crippen LogP contribution in [0.25, 0.3) is 0 Å². The molecule has 0 radical (unpaired) electrons. The van der Waals surface area contributed by atoms with E-state index in [0.29, 0.717) is 22.0 Å². The normalized spacial score (nSPS) is 13.4. The second-order valence-electron chi connectivity index (χ2n) is 4.30. The number of hydrogen-bond donors (Lipinski definition) is 3. The molecule has 7 heteroatoms. The molecule has 1 aromatic carbocycles. The highest BCUT2D eigenvalue weighted by atomic mass is 35.5. The molecule has 0 saturated heterocycles. The minimum Gasteiger partial charge on any atom is -0.480 e. The molecule has 110 valence electrons. The number of urea groups is 1. The summed E-state index contributed by atoms with van der Waals surface area (Å²) in [5, 5.41) is 14.8. The Kier molecular flexibility index (Phi) is 6.10. The van der Waals surface area contributed by atoms with E-state index in [1.807, 2.05) is 0 Å². The van der Waals surface area contributed by atoms with E-state index in [1.54, 1.807) is 32.0 Å². The number of aliphatic carboxylic acids is 1. The zero-order chi connectivity index (χ0) is 15.3. The van der Waals surface area contributed by atoms with Gasteiger partial charge in [0.15, 0.2) is 0 Å². The van der Waals surface area contributed by atoms with Crippen molar-refractivity contribution in [2.75, 3.05) is 0 Å². The van der Waals surface area contributed by atoms with Crippen molar-refractivity contribution in [3.8, 4) is 0 Å². The van der Waals surface area contributed by atoms with Crippen molar-refractivity contribution in [1.29, 1.82) is 0 Å². The van der Waals surface area contributed by atoms with E-state index < -0.39 is 18.0 Å². The van der Waals surface area contributed by atoms with Crippen molar-refractivity contribution in [2.45, 2.75) is 32.4 Å². The number of carboxylic acid groups (broad SMARTS) is 1. The fourth-order valence-electron chi connectivity index (χ4n) is 1.67. The van der Waals surface area contributed by atoms with Gasteiger partial charge >= 0.3 is 12.0 Å². The van der Waals surface area contributed by atoms with Gasteiger partial charge < -0.3 is 15.7 Å². The summed E-state index contributed by atoms with van der Waals surface area (Å²) in [6.45, 7) is 3.43. The summed E-state index contributed by atoms with van der Waals surface area (Å²) in [6.07, 6.45) is 0.304. The van der Waals surface area contributed by atoms with Gasteiger partial charge in [-0.3, -0.25) is 0 Å². The smallest absolute Gasteiger partial charge is 0.326 e. The quantitative estimate of drug-likeness (QED) is 0.780. The molecule has 0 aliphatic heterocycles. The molecule has 0 heterocycles. The molecular weight excluding hydrogens is 303 g/mol. The van der Waals surface area contributed by atoms with Crippen LogP contribution in [0.2, 0.25) is 10.0 Å². The number of amides is 2. The Morgan fingerprint density at radius 2 is 1.95 bits per heavy atom. The second-order valence-corrected chi connectivity index (χ2v) is 5.15. The monoisotopic (exact) mass is 318 g/mol. The van der Waals surface area contributed by atoms with Gasteiger partial charge in [0.2, 0.25) is 0 Å². The van der Waals surface area contributed by atoms with Crippen LogP contribution < -0.4 is 10.6 Å². The van der Waals surface area contributed by atoms with Crippen LogP contribution in [0.3, 0.4) is 0 Å². The molecule has 2 amide bonds. The van der Waals surface area contributed by atoms with Crippen LogP contribution in [-0.2, 0) is 4.79 Å². The Labute approximate surface area is 127 Å². The largest absolute Gasteiger partial charge is 0.480 e. The van der Waals surface area contributed by atoms with Crippen molar-refractivity contribution >= 4 is 35.2 Å². The molecule has 2 atom stereocenters. The Bertz CT molecular complexity index is 508. The predicted octanol–water partition coefficient (Wildman–Crippen LogP) is 3.22. The van der Waals surface area contributed by atoms with Crippen LogP contribution >= 0.6 is 23.2 Å². The lowest BCUT2D eigenvalue weighted by Gasteiger charge is -2.18. The molecule has 20 heavy (non-hydrogen) atoms. The van der Waals surface area contributed by atoms with Crippen molar-refractivity contribution < 1.29 is 14.7 Å². The van der Waals surface area contributed by atoms with E-state index in [1.165, 1.54) is 0 Å². The number of carbonyl (C=O) groups is 2. The van der Waals surface area contributed by atoms with E-state index >= 15 is 0 Å². The van der Waals surface area contributed by atoms with E-state index in [2.05, 4.69) is 10.6 Å². The maximum atomic E-state index is 11.7. The Morgan fingerprint density at radius 1 is 1.30 bits per heavy atom. The molecule has 0 aliphatic carbocycles. The first-order chi connectivity index (χ1) is 9.35. The summed E-state index contributed by atoms with van der Waals surface area (Å²) >= 11 is 11.8. The molecule has 0 aromatic heterocycles. The first kappa shape index (κ1) is 16.6. The Morgan fingerprint density at radius 3 is 2.45 bits per heavy atom. The standard InChI is InChI=1S/C13H16Cl2N2O3/c1-3-11(12(18)19)17-13(20)16-7(2)9-5-4-8(14)6-10(9)15/h4-7,11H,3H2,1-2H3,(H,18,19)(H2,16,17,20)/t7?,11-/m1/s1. The molecule has 0 spiro atoms. The van der Waals surface area contributed by atoms with E-state index in [4.69, 9.17) is 28.3 Å². The van der Waals surface area contributed by atoms with E-state index in [-0.39, 0.29) is 6.04 Å². The molecule has 0 bridgehead atoms. The molecule has 1 aromatic rings. The third kappa shape index (κ3) is 4.58. The fraction of sp³-hybridized carbons (Fsp3) is 0.385. The lowest BCUT2D eigenvalue weighted by Crippen LogP contribution is -2.46. The number of halogens is 2. The molecule has 0 saturated carbocycles. The van der Waals surface area contributed by atoms with Crippen molar-refractivity contribution in [3.05, 3.63) is 33.8 Å². The Hall–Kier alpha value is -1.46. The number of carbonyl (C=O) groups excluding carboxylic acids is 1. The lowest BCUT2D eigenvalue weighted by atomic mass is 10.1. The van der Waals surface area contributed by atoms with Gasteiger partial charge in [0, 0.05) is 10.0 Å². The number of carboxylic acids is 1. The molecule has 0 aliphatic rings. The zero-order valence-electron chi connectivity index (χ0n) is 11.1. The van der Waals surface area contributed by atoms with Gasteiger partial charge in [0.1, 0.15) is 6.04 Å². The minimum absolute atomic E-state index is 0.304. The van der Waals surface area contributed by atoms with Crippen LogP contribution in [0.5, 0.6) is 0 Å². The fourth-order valence-corrected chi connectivity index (χ4v) is 2.24. The topological polar surface area (TPSA) is 78.4 Å². The van der Waals surface area contributed by atoms with Gasteiger partial charge in [-0.15, -0.1) is 0 Å². The minimum atomic E-state index is -1.07. The predicted molar refractivity (Wildman–Crippen MR) is 78.3 cm³/mol. The van der Waals surface area contributed by atoms with Crippen molar-refractivity contribution in [2.24, 2.45) is 0 Å². The summed E-state index contributed by atoms with van der Waals surface area (Å²) in [7, 11) is 0. The maximum Gasteiger partial charge on any atom is 0.326 e. The molecule has 3 N–H and O–H groups in total. The average molecular weight is 319 g/mol. The highest BCUT2D eigenvalue weighted by Gasteiger charge is 2.19. The molecule has 5 nitrogen and oxygen atoms in total. The summed E-state index contributed by atoms with van der Waals surface area (Å²) < 4.78 is 0. The van der Waals surface area contributed by atoms with Crippen molar-refractivity contribution in [3.63, 3.8) is 0 Å². The number of hydrogen-bond acceptors (Lipinski definition) is 2. The molecule has 0 fully saturated rings. The molecular formula is C13H16Cl2N2O3. The van der Waals surface area contributed by atoms with Gasteiger partial charge in [-0.05, 0) is 31.0 Å². The second kappa shape index (κ2) is 7.36. The highest BCUT2D eigenvalue weighted by molar-refractivity contribution is 6.35. The van der Waals surface area contributed by atoms with Crippen LogP contribution in [0.15, 0.2) is 18.2 Å². The van der Waals surface area contributed by atoms with Crippen LogP contribution in [0.1, 0.15) is 31.9 Å². The van der Waals surface area contributed by atoms with Gasteiger partial charge in [-0.25, -0.2) is 9.59 Å². The first-order valence-corrected chi connectivity index (χ1v) is 6.85. The van der Waals surface area contributed by atoms with Crippen LogP contribution in [0, 0.1) is 0 Å². The van der Waals surface area contributed by atoms with Crippen LogP contribution in [-0.4, -0.2) is 23.1 Å². The lowest BCUT2D eigenvalue weighted by molar-refractivity contribution is -0.139.